The Morgan fingerprint density at radius 3 is 2.82 bits per heavy atom. The molecule has 5 nitrogen and oxygen atoms in total. The summed E-state index contributed by atoms with van der Waals surface area (Å²) in [5.41, 5.74) is 3.17. The Morgan fingerprint density at radius 1 is 1.29 bits per heavy atom. The Hall–Kier alpha value is -2.81. The number of anilines is 3. The van der Waals surface area contributed by atoms with Gasteiger partial charge in [0.1, 0.15) is 18.2 Å². The molecule has 1 fully saturated rings. The quantitative estimate of drug-likeness (QED) is 0.625. The molecule has 0 atom stereocenters. The summed E-state index contributed by atoms with van der Waals surface area (Å²) in [5, 5.41) is 3.72. The van der Waals surface area contributed by atoms with Gasteiger partial charge in [-0.3, -0.25) is 0 Å². The van der Waals surface area contributed by atoms with Crippen LogP contribution >= 0.6 is 0 Å². The van der Waals surface area contributed by atoms with Crippen LogP contribution in [0.5, 0.6) is 0 Å². The van der Waals surface area contributed by atoms with E-state index in [-0.39, 0.29) is 5.82 Å². The van der Waals surface area contributed by atoms with E-state index in [0.29, 0.717) is 29.8 Å². The third-order valence-corrected chi connectivity index (χ3v) is 4.74. The van der Waals surface area contributed by atoms with Crippen LogP contribution < -0.4 is 10.2 Å². The summed E-state index contributed by atoms with van der Waals surface area (Å²) in [7, 11) is 0. The average Bonchev–Trinajstić information content (AvgIpc) is 2.96. The zero-order valence-electron chi connectivity index (χ0n) is 15.0. The molecule has 0 amide bonds. The van der Waals surface area contributed by atoms with Crippen molar-refractivity contribution in [2.45, 2.75) is 19.2 Å². The number of nitrogens with zero attached hydrogens (tertiary/aromatic N) is 2. The number of H-pyrrole nitrogens is 1. The molecule has 0 unspecified atom stereocenters. The van der Waals surface area contributed by atoms with Crippen LogP contribution in [0.4, 0.5) is 34.8 Å². The first-order chi connectivity index (χ1) is 13.3. The molecule has 1 aliphatic heterocycles. The zero-order valence-corrected chi connectivity index (χ0v) is 15.0. The van der Waals surface area contributed by atoms with Crippen molar-refractivity contribution >= 4 is 28.1 Å². The van der Waals surface area contributed by atoms with Crippen LogP contribution in [0.1, 0.15) is 5.56 Å². The van der Waals surface area contributed by atoms with Crippen LogP contribution in [-0.2, 0) is 4.74 Å². The van der Waals surface area contributed by atoms with E-state index < -0.39 is 18.9 Å². The molecule has 0 bridgehead atoms. The SMILES string of the molecule is Cc1c(N2CC(OCC(F)(F)F)C2)ccnc1Nc1ccc2c(F)c[nH]c2c1. The maximum Gasteiger partial charge on any atom is 0.411 e. The molecule has 9 heteroatoms. The molecule has 1 saturated heterocycles. The van der Waals surface area contributed by atoms with Crippen molar-refractivity contribution in [2.75, 3.05) is 29.9 Å². The van der Waals surface area contributed by atoms with Gasteiger partial charge in [-0.1, -0.05) is 0 Å². The van der Waals surface area contributed by atoms with Gasteiger partial charge in [0.05, 0.1) is 11.6 Å². The van der Waals surface area contributed by atoms with Gasteiger partial charge in [-0.15, -0.1) is 0 Å². The number of aromatic amines is 1. The van der Waals surface area contributed by atoms with E-state index in [1.165, 1.54) is 6.20 Å². The van der Waals surface area contributed by atoms with Crippen LogP contribution in [0.25, 0.3) is 10.9 Å². The molecule has 1 aromatic carbocycles. The van der Waals surface area contributed by atoms with E-state index >= 15 is 0 Å². The number of hydrogen-bond acceptors (Lipinski definition) is 4. The molecule has 1 aliphatic rings. The van der Waals surface area contributed by atoms with Crippen molar-refractivity contribution in [2.24, 2.45) is 0 Å². The fraction of sp³-hybridized carbons (Fsp3) is 0.316. The smallest absolute Gasteiger partial charge is 0.366 e. The predicted octanol–water partition coefficient (Wildman–Crippen LogP) is 4.52. The maximum atomic E-state index is 13.6. The van der Waals surface area contributed by atoms with Crippen LogP contribution in [0.3, 0.4) is 0 Å². The Balaban J connectivity index is 1.45. The maximum absolute atomic E-state index is 13.6. The Kier molecular flexibility index (Phi) is 4.62. The number of halogens is 4. The molecule has 0 spiro atoms. The number of ether oxygens (including phenoxy) is 1. The van der Waals surface area contributed by atoms with Gasteiger partial charge in [-0.25, -0.2) is 9.37 Å². The van der Waals surface area contributed by atoms with Crippen molar-refractivity contribution in [3.8, 4) is 0 Å². The van der Waals surface area contributed by atoms with Gasteiger partial charge in [0.2, 0.25) is 0 Å². The molecule has 148 valence electrons. The molecule has 0 saturated carbocycles. The van der Waals surface area contributed by atoms with Gasteiger partial charge >= 0.3 is 6.18 Å². The van der Waals surface area contributed by atoms with Crippen LogP contribution in [0.15, 0.2) is 36.7 Å². The molecule has 2 aromatic heterocycles. The minimum absolute atomic E-state index is 0.307. The first-order valence-electron chi connectivity index (χ1n) is 8.73. The number of hydrogen-bond donors (Lipinski definition) is 2. The fourth-order valence-electron chi connectivity index (χ4n) is 3.25. The lowest BCUT2D eigenvalue weighted by atomic mass is 10.1. The van der Waals surface area contributed by atoms with Gasteiger partial charge in [-0.2, -0.15) is 13.2 Å². The van der Waals surface area contributed by atoms with Gasteiger partial charge in [0, 0.05) is 47.8 Å². The van der Waals surface area contributed by atoms with Gasteiger partial charge in [0.25, 0.3) is 0 Å². The molecule has 4 rings (SSSR count). The summed E-state index contributed by atoms with van der Waals surface area (Å²) in [4.78, 5) is 9.16. The third-order valence-electron chi connectivity index (χ3n) is 4.74. The molecule has 3 heterocycles. The van der Waals surface area contributed by atoms with Crippen LogP contribution in [-0.4, -0.2) is 41.9 Å². The predicted molar refractivity (Wildman–Crippen MR) is 98.5 cm³/mol. The van der Waals surface area contributed by atoms with Crippen LogP contribution in [0, 0.1) is 12.7 Å². The van der Waals surface area contributed by atoms with Gasteiger partial charge in [-0.05, 0) is 31.2 Å². The zero-order chi connectivity index (χ0) is 19.9. The number of pyridine rings is 1. The number of rotatable bonds is 5. The highest BCUT2D eigenvalue weighted by Crippen LogP contribution is 2.32. The highest BCUT2D eigenvalue weighted by molar-refractivity contribution is 5.84. The number of alkyl halides is 3. The first kappa shape index (κ1) is 18.5. The van der Waals surface area contributed by atoms with E-state index in [1.54, 1.807) is 24.4 Å². The Bertz CT molecular complexity index is 995. The molecular weight excluding hydrogens is 376 g/mol. The second kappa shape index (κ2) is 6.97. The third kappa shape index (κ3) is 3.75. The summed E-state index contributed by atoms with van der Waals surface area (Å²) in [6, 6.07) is 7.05. The Morgan fingerprint density at radius 2 is 2.07 bits per heavy atom. The molecule has 3 aromatic rings. The lowest BCUT2D eigenvalue weighted by Gasteiger charge is -2.41. The number of aromatic nitrogens is 2. The number of fused-ring (bicyclic) bond motifs is 1. The second-order valence-electron chi connectivity index (χ2n) is 6.78. The lowest BCUT2D eigenvalue weighted by Crippen LogP contribution is -2.53. The first-order valence-corrected chi connectivity index (χ1v) is 8.73. The molecule has 0 radical (unpaired) electrons. The lowest BCUT2D eigenvalue weighted by molar-refractivity contribution is -0.187. The summed E-state index contributed by atoms with van der Waals surface area (Å²) in [6.45, 7) is 1.46. The highest BCUT2D eigenvalue weighted by Gasteiger charge is 2.34. The van der Waals surface area contributed by atoms with E-state index in [2.05, 4.69) is 15.3 Å². The van der Waals surface area contributed by atoms with Gasteiger partial charge in [0.15, 0.2) is 0 Å². The van der Waals surface area contributed by atoms with Crippen molar-refractivity contribution in [1.29, 1.82) is 0 Å². The molecule has 0 aliphatic carbocycles. The van der Waals surface area contributed by atoms with Crippen molar-refractivity contribution in [1.82, 2.24) is 9.97 Å². The minimum Gasteiger partial charge on any atom is -0.366 e. The topological polar surface area (TPSA) is 53.2 Å². The number of benzene rings is 1. The monoisotopic (exact) mass is 394 g/mol. The summed E-state index contributed by atoms with van der Waals surface area (Å²) < 4.78 is 55.2. The minimum atomic E-state index is -4.31. The van der Waals surface area contributed by atoms with E-state index in [9.17, 15) is 17.6 Å². The van der Waals surface area contributed by atoms with Crippen molar-refractivity contribution in [3.63, 3.8) is 0 Å². The Labute approximate surface area is 158 Å². The summed E-state index contributed by atoms with van der Waals surface area (Å²) in [6.07, 6.45) is -1.80. The van der Waals surface area contributed by atoms with Crippen molar-refractivity contribution < 1.29 is 22.3 Å². The fourth-order valence-corrected chi connectivity index (χ4v) is 3.25. The second-order valence-corrected chi connectivity index (χ2v) is 6.78. The number of nitrogens with one attached hydrogen (secondary N) is 2. The average molecular weight is 394 g/mol. The van der Waals surface area contributed by atoms with E-state index in [4.69, 9.17) is 4.74 Å². The normalized spacial score (nSPS) is 15.1. The molecule has 2 N–H and O–H groups in total. The van der Waals surface area contributed by atoms with Gasteiger partial charge < -0.3 is 19.9 Å². The van der Waals surface area contributed by atoms with Crippen molar-refractivity contribution in [3.05, 3.63) is 48.0 Å². The van der Waals surface area contributed by atoms with Crippen LogP contribution in [0.2, 0.25) is 0 Å². The molecular formula is C19H18F4N4O. The largest absolute Gasteiger partial charge is 0.411 e. The highest BCUT2D eigenvalue weighted by atomic mass is 19.4. The summed E-state index contributed by atoms with van der Waals surface area (Å²) in [5.74, 6) is 0.321. The standard InChI is InChI=1S/C19H18F4N4O/c1-11-17(27-8-13(9-27)28-10-19(21,22)23)4-5-24-18(11)26-12-2-3-14-15(20)7-25-16(14)6-12/h2-7,13,25H,8-10H2,1H3,(H,24,26). The van der Waals surface area contributed by atoms with E-state index in [1.807, 2.05) is 17.9 Å². The summed E-state index contributed by atoms with van der Waals surface area (Å²) >= 11 is 0. The van der Waals surface area contributed by atoms with E-state index in [0.717, 1.165) is 16.9 Å². The molecule has 28 heavy (non-hydrogen) atoms.